The van der Waals surface area contributed by atoms with E-state index in [1.807, 2.05) is 29.2 Å². The zero-order chi connectivity index (χ0) is 19.2. The molecule has 3 rings (SSSR count). The van der Waals surface area contributed by atoms with Gasteiger partial charge in [-0.15, -0.1) is 0 Å². The second-order valence-corrected chi connectivity index (χ2v) is 7.12. The van der Waals surface area contributed by atoms with Crippen molar-refractivity contribution < 1.29 is 23.9 Å². The molecule has 0 bridgehead atoms. The van der Waals surface area contributed by atoms with Crippen LogP contribution in [0.2, 0.25) is 0 Å². The van der Waals surface area contributed by atoms with Crippen LogP contribution in [0.4, 0.5) is 0 Å². The van der Waals surface area contributed by atoms with Crippen molar-refractivity contribution in [2.75, 3.05) is 20.3 Å². The molecule has 2 amide bonds. The van der Waals surface area contributed by atoms with Crippen LogP contribution in [0.3, 0.4) is 0 Å². The Bertz CT molecular complexity index is 682. The van der Waals surface area contributed by atoms with Crippen molar-refractivity contribution in [3.63, 3.8) is 0 Å². The Morgan fingerprint density at radius 1 is 1.19 bits per heavy atom. The minimum atomic E-state index is -0.469. The van der Waals surface area contributed by atoms with Gasteiger partial charge < -0.3 is 19.7 Å². The Hall–Kier alpha value is -2.57. The summed E-state index contributed by atoms with van der Waals surface area (Å²) in [5.41, 5.74) is 0.920. The summed E-state index contributed by atoms with van der Waals surface area (Å²) in [6.07, 6.45) is 4.49. The Morgan fingerprint density at radius 3 is 2.56 bits per heavy atom. The van der Waals surface area contributed by atoms with Crippen LogP contribution in [0.5, 0.6) is 5.75 Å². The quantitative estimate of drug-likeness (QED) is 0.734. The summed E-state index contributed by atoms with van der Waals surface area (Å²) in [6, 6.07) is 7.60. The molecule has 27 heavy (non-hydrogen) atoms. The second kappa shape index (κ2) is 8.88. The van der Waals surface area contributed by atoms with Crippen LogP contribution in [0.1, 0.15) is 37.7 Å². The molecule has 1 aliphatic heterocycles. The molecule has 146 valence electrons. The average Bonchev–Trinajstić information content (AvgIpc) is 3.34. The van der Waals surface area contributed by atoms with Crippen molar-refractivity contribution in [2.45, 2.75) is 44.7 Å². The summed E-state index contributed by atoms with van der Waals surface area (Å²) in [4.78, 5) is 38.1. The van der Waals surface area contributed by atoms with Gasteiger partial charge in [0.25, 0.3) is 5.91 Å². The number of rotatable bonds is 7. The highest BCUT2D eigenvalue weighted by molar-refractivity contribution is 5.88. The van der Waals surface area contributed by atoms with Gasteiger partial charge in [0.15, 0.2) is 6.61 Å². The number of likely N-dealkylation sites (tertiary alicyclic amines) is 1. The lowest BCUT2D eigenvalue weighted by Gasteiger charge is -2.23. The minimum absolute atomic E-state index is 0.0211. The van der Waals surface area contributed by atoms with Gasteiger partial charge in [0.2, 0.25) is 5.91 Å². The molecule has 1 saturated carbocycles. The summed E-state index contributed by atoms with van der Waals surface area (Å²) in [5, 5.41) is 2.71. The highest BCUT2D eigenvalue weighted by Gasteiger charge is 2.39. The highest BCUT2D eigenvalue weighted by atomic mass is 16.5. The van der Waals surface area contributed by atoms with Gasteiger partial charge in [0.05, 0.1) is 13.0 Å². The summed E-state index contributed by atoms with van der Waals surface area (Å²) in [6.45, 7) is 0.427. The summed E-state index contributed by atoms with van der Waals surface area (Å²) in [5.74, 6) is -0.531. The third kappa shape index (κ3) is 4.99. The number of carbonyl (C=O) groups excluding carboxylic acids is 3. The van der Waals surface area contributed by atoms with Gasteiger partial charge in [-0.1, -0.05) is 25.0 Å². The van der Waals surface area contributed by atoms with E-state index in [1.54, 1.807) is 7.11 Å². The standard InChI is InChI=1S/C20H26N2O5/c1-26-17-8-6-14(7-9-17)11-21-18(23)13-27-20(25)15-10-19(24)22(12-15)16-4-2-3-5-16/h6-9,15-16H,2-5,10-13H2,1H3,(H,21,23)/t15-/m1/s1. The van der Waals surface area contributed by atoms with Crippen LogP contribution in [0, 0.1) is 5.92 Å². The Balaban J connectivity index is 1.39. The first-order chi connectivity index (χ1) is 13.1. The number of hydrogen-bond acceptors (Lipinski definition) is 5. The monoisotopic (exact) mass is 374 g/mol. The molecular formula is C20H26N2O5. The van der Waals surface area contributed by atoms with Gasteiger partial charge in [-0.05, 0) is 30.5 Å². The molecule has 1 aromatic carbocycles. The molecule has 7 heteroatoms. The van der Waals surface area contributed by atoms with Gasteiger partial charge in [-0.25, -0.2) is 0 Å². The maximum Gasteiger partial charge on any atom is 0.311 e. The molecule has 0 unspecified atom stereocenters. The Labute approximate surface area is 159 Å². The maximum absolute atomic E-state index is 12.2. The van der Waals surface area contributed by atoms with E-state index in [0.29, 0.717) is 13.1 Å². The Morgan fingerprint density at radius 2 is 1.89 bits per heavy atom. The van der Waals surface area contributed by atoms with E-state index in [2.05, 4.69) is 5.32 Å². The number of methoxy groups -OCH3 is 1. The molecule has 1 N–H and O–H groups in total. The topological polar surface area (TPSA) is 84.9 Å². The van der Waals surface area contributed by atoms with Crippen molar-refractivity contribution in [3.05, 3.63) is 29.8 Å². The highest BCUT2D eigenvalue weighted by Crippen LogP contribution is 2.29. The first-order valence-electron chi connectivity index (χ1n) is 9.42. The maximum atomic E-state index is 12.2. The van der Waals surface area contributed by atoms with Crippen LogP contribution in [0.25, 0.3) is 0 Å². The molecule has 1 heterocycles. The van der Waals surface area contributed by atoms with Gasteiger partial charge >= 0.3 is 5.97 Å². The van der Waals surface area contributed by atoms with E-state index in [4.69, 9.17) is 9.47 Å². The fourth-order valence-electron chi connectivity index (χ4n) is 3.71. The predicted molar refractivity (Wildman–Crippen MR) is 97.9 cm³/mol. The molecule has 2 fully saturated rings. The zero-order valence-corrected chi connectivity index (χ0v) is 15.6. The van der Waals surface area contributed by atoms with E-state index < -0.39 is 11.9 Å². The molecule has 2 aliphatic rings. The molecule has 1 saturated heterocycles. The number of hydrogen-bond donors (Lipinski definition) is 1. The van der Waals surface area contributed by atoms with E-state index in [-0.39, 0.29) is 30.9 Å². The third-order valence-electron chi connectivity index (χ3n) is 5.25. The number of nitrogens with one attached hydrogen (secondary N) is 1. The fraction of sp³-hybridized carbons (Fsp3) is 0.550. The van der Waals surface area contributed by atoms with Crippen molar-refractivity contribution in [3.8, 4) is 5.75 Å². The number of carbonyl (C=O) groups is 3. The van der Waals surface area contributed by atoms with Crippen LogP contribution < -0.4 is 10.1 Å². The van der Waals surface area contributed by atoms with Crippen molar-refractivity contribution in [1.82, 2.24) is 10.2 Å². The number of nitrogens with zero attached hydrogens (tertiary/aromatic N) is 1. The normalized spacial score (nSPS) is 20.0. The van der Waals surface area contributed by atoms with Gasteiger partial charge in [-0.2, -0.15) is 0 Å². The van der Waals surface area contributed by atoms with E-state index in [1.165, 1.54) is 0 Å². The fourth-order valence-corrected chi connectivity index (χ4v) is 3.71. The molecule has 1 aromatic rings. The molecule has 0 aromatic heterocycles. The van der Waals surface area contributed by atoms with Crippen LogP contribution in [0.15, 0.2) is 24.3 Å². The number of amides is 2. The average molecular weight is 374 g/mol. The molecule has 0 spiro atoms. The Kier molecular flexibility index (Phi) is 6.32. The number of benzene rings is 1. The van der Waals surface area contributed by atoms with E-state index in [0.717, 1.165) is 37.0 Å². The number of esters is 1. The van der Waals surface area contributed by atoms with Gasteiger partial charge in [-0.3, -0.25) is 14.4 Å². The van der Waals surface area contributed by atoms with Gasteiger partial charge in [0, 0.05) is 25.6 Å². The van der Waals surface area contributed by atoms with Crippen LogP contribution >= 0.6 is 0 Å². The SMILES string of the molecule is COc1ccc(CNC(=O)COC(=O)[C@@H]2CC(=O)N(C3CCCC3)C2)cc1. The first kappa shape index (κ1) is 19.2. The van der Waals surface area contributed by atoms with Crippen molar-refractivity contribution in [1.29, 1.82) is 0 Å². The zero-order valence-electron chi connectivity index (χ0n) is 15.6. The van der Waals surface area contributed by atoms with Gasteiger partial charge in [0.1, 0.15) is 5.75 Å². The molecule has 0 radical (unpaired) electrons. The summed E-state index contributed by atoms with van der Waals surface area (Å²) in [7, 11) is 1.59. The van der Waals surface area contributed by atoms with Crippen LogP contribution in [-0.4, -0.2) is 49.0 Å². The predicted octanol–water partition coefficient (Wildman–Crippen LogP) is 1.65. The van der Waals surface area contributed by atoms with E-state index in [9.17, 15) is 14.4 Å². The summed E-state index contributed by atoms with van der Waals surface area (Å²) >= 11 is 0. The van der Waals surface area contributed by atoms with Crippen molar-refractivity contribution >= 4 is 17.8 Å². The molecule has 7 nitrogen and oxygen atoms in total. The lowest BCUT2D eigenvalue weighted by Crippen LogP contribution is -2.35. The molecule has 1 aliphatic carbocycles. The number of ether oxygens (including phenoxy) is 2. The minimum Gasteiger partial charge on any atom is -0.497 e. The summed E-state index contributed by atoms with van der Waals surface area (Å²) < 4.78 is 10.2. The molecule has 1 atom stereocenters. The first-order valence-corrected chi connectivity index (χ1v) is 9.42. The van der Waals surface area contributed by atoms with Crippen LogP contribution in [-0.2, 0) is 25.7 Å². The largest absolute Gasteiger partial charge is 0.497 e. The van der Waals surface area contributed by atoms with E-state index >= 15 is 0 Å². The lowest BCUT2D eigenvalue weighted by molar-refractivity contribution is -0.152. The second-order valence-electron chi connectivity index (χ2n) is 7.12. The van der Waals surface area contributed by atoms with Crippen molar-refractivity contribution in [2.24, 2.45) is 5.92 Å². The molecular weight excluding hydrogens is 348 g/mol. The lowest BCUT2D eigenvalue weighted by atomic mass is 10.1. The smallest absolute Gasteiger partial charge is 0.311 e. The third-order valence-corrected chi connectivity index (χ3v) is 5.25.